The van der Waals surface area contributed by atoms with Crippen LogP contribution in [0.1, 0.15) is 20.3 Å². The van der Waals surface area contributed by atoms with E-state index in [-0.39, 0.29) is 5.91 Å². The monoisotopic (exact) mass is 261 g/mol. The zero-order valence-corrected chi connectivity index (χ0v) is 11.7. The molecule has 0 saturated carbocycles. The average Bonchev–Trinajstić information content (AvgIpc) is 2.37. The van der Waals surface area contributed by atoms with E-state index in [0.29, 0.717) is 23.8 Å². The number of carbonyl (C=O) groups excluding carboxylic acids is 1. The molecular weight excluding hydrogens is 238 g/mol. The van der Waals surface area contributed by atoms with Crippen LogP contribution in [0.15, 0.2) is 24.3 Å². The number of likely N-dealkylation sites (tertiary alicyclic amines) is 1. The summed E-state index contributed by atoms with van der Waals surface area (Å²) in [4.78, 5) is 14.2. The molecule has 2 unspecified atom stereocenters. The molecule has 1 aliphatic heterocycles. The lowest BCUT2D eigenvalue weighted by atomic mass is 9.89. The van der Waals surface area contributed by atoms with Crippen molar-refractivity contribution in [2.45, 2.75) is 20.3 Å². The molecule has 2 rings (SSSR count). The molecule has 1 aliphatic rings. The first kappa shape index (κ1) is 13.9. The van der Waals surface area contributed by atoms with Crippen LogP contribution in [0.25, 0.3) is 0 Å². The molecule has 0 radical (unpaired) electrons. The number of carbonyl (C=O) groups is 1. The second kappa shape index (κ2) is 6.06. The van der Waals surface area contributed by atoms with Gasteiger partial charge in [0, 0.05) is 6.54 Å². The summed E-state index contributed by atoms with van der Waals surface area (Å²) in [6.45, 7) is 6.99. The van der Waals surface area contributed by atoms with Gasteiger partial charge in [-0.05, 0) is 36.9 Å². The molecule has 19 heavy (non-hydrogen) atoms. The number of rotatable bonds is 3. The van der Waals surface area contributed by atoms with Crippen LogP contribution in [0, 0.1) is 11.8 Å². The zero-order chi connectivity index (χ0) is 13.8. The summed E-state index contributed by atoms with van der Waals surface area (Å²) < 4.78 is 0. The smallest absolute Gasteiger partial charge is 0.238 e. The Balaban J connectivity index is 1.87. The number of para-hydroxylation sites is 2. The number of nitrogens with two attached hydrogens (primary N) is 1. The molecule has 3 N–H and O–H groups in total. The van der Waals surface area contributed by atoms with Gasteiger partial charge in [-0.2, -0.15) is 0 Å². The predicted octanol–water partition coefficient (Wildman–Crippen LogP) is 2.19. The van der Waals surface area contributed by atoms with Crippen molar-refractivity contribution in [2.75, 3.05) is 30.7 Å². The Kier molecular flexibility index (Phi) is 4.43. The Labute approximate surface area is 115 Å². The van der Waals surface area contributed by atoms with E-state index >= 15 is 0 Å². The van der Waals surface area contributed by atoms with Gasteiger partial charge in [-0.1, -0.05) is 26.0 Å². The molecule has 0 aromatic heterocycles. The Morgan fingerprint density at radius 3 is 2.79 bits per heavy atom. The number of nitrogens with zero attached hydrogens (tertiary/aromatic N) is 1. The maximum Gasteiger partial charge on any atom is 0.238 e. The van der Waals surface area contributed by atoms with Crippen molar-refractivity contribution in [2.24, 2.45) is 11.8 Å². The van der Waals surface area contributed by atoms with Crippen LogP contribution in [0.2, 0.25) is 0 Å². The summed E-state index contributed by atoms with van der Waals surface area (Å²) in [5.74, 6) is 1.42. The van der Waals surface area contributed by atoms with Gasteiger partial charge < -0.3 is 11.1 Å². The van der Waals surface area contributed by atoms with Crippen molar-refractivity contribution < 1.29 is 4.79 Å². The van der Waals surface area contributed by atoms with Gasteiger partial charge in [-0.3, -0.25) is 9.69 Å². The predicted molar refractivity (Wildman–Crippen MR) is 78.9 cm³/mol. The van der Waals surface area contributed by atoms with Gasteiger partial charge in [-0.25, -0.2) is 0 Å². The number of nitrogen functional groups attached to an aromatic ring is 1. The lowest BCUT2D eigenvalue weighted by molar-refractivity contribution is -0.117. The SMILES string of the molecule is CC1CCN(CC(=O)Nc2ccccc2N)CC1C. The first-order valence-corrected chi connectivity index (χ1v) is 6.93. The molecule has 1 heterocycles. The fourth-order valence-corrected chi connectivity index (χ4v) is 2.50. The fraction of sp³-hybridized carbons (Fsp3) is 0.533. The second-order valence-corrected chi connectivity index (χ2v) is 5.61. The molecule has 0 bridgehead atoms. The fourth-order valence-electron chi connectivity index (χ4n) is 2.50. The second-order valence-electron chi connectivity index (χ2n) is 5.61. The normalized spacial score (nSPS) is 24.1. The molecule has 2 atom stereocenters. The van der Waals surface area contributed by atoms with Crippen molar-refractivity contribution in [1.82, 2.24) is 4.90 Å². The summed E-state index contributed by atoms with van der Waals surface area (Å²) in [6.07, 6.45) is 1.17. The minimum absolute atomic E-state index is 0.0136. The molecule has 1 aromatic carbocycles. The van der Waals surface area contributed by atoms with Crippen LogP contribution < -0.4 is 11.1 Å². The largest absolute Gasteiger partial charge is 0.397 e. The minimum Gasteiger partial charge on any atom is -0.397 e. The van der Waals surface area contributed by atoms with Crippen molar-refractivity contribution >= 4 is 17.3 Å². The summed E-state index contributed by atoms with van der Waals surface area (Å²) in [5, 5.41) is 2.88. The lowest BCUT2D eigenvalue weighted by Crippen LogP contribution is -2.42. The molecule has 104 valence electrons. The summed E-state index contributed by atoms with van der Waals surface area (Å²) in [6, 6.07) is 7.35. The molecule has 4 nitrogen and oxygen atoms in total. The highest BCUT2D eigenvalue weighted by atomic mass is 16.2. The van der Waals surface area contributed by atoms with Gasteiger partial charge in [0.05, 0.1) is 17.9 Å². The van der Waals surface area contributed by atoms with E-state index in [9.17, 15) is 4.79 Å². The highest BCUT2D eigenvalue weighted by Crippen LogP contribution is 2.22. The Morgan fingerprint density at radius 1 is 1.37 bits per heavy atom. The number of nitrogens with one attached hydrogen (secondary N) is 1. The van der Waals surface area contributed by atoms with Gasteiger partial charge in [0.1, 0.15) is 0 Å². The topological polar surface area (TPSA) is 58.4 Å². The minimum atomic E-state index is 0.0136. The maximum atomic E-state index is 12.0. The summed E-state index contributed by atoms with van der Waals surface area (Å²) in [5.41, 5.74) is 7.12. The summed E-state index contributed by atoms with van der Waals surface area (Å²) >= 11 is 0. The number of anilines is 2. The van der Waals surface area contributed by atoms with E-state index in [0.717, 1.165) is 19.0 Å². The molecule has 4 heteroatoms. The van der Waals surface area contributed by atoms with Crippen molar-refractivity contribution in [3.05, 3.63) is 24.3 Å². The number of amides is 1. The molecule has 1 aromatic rings. The van der Waals surface area contributed by atoms with E-state index in [2.05, 4.69) is 24.1 Å². The number of hydrogen-bond donors (Lipinski definition) is 2. The van der Waals surface area contributed by atoms with Gasteiger partial charge in [-0.15, -0.1) is 0 Å². The first-order valence-electron chi connectivity index (χ1n) is 6.93. The van der Waals surface area contributed by atoms with Crippen molar-refractivity contribution in [3.8, 4) is 0 Å². The molecule has 1 fully saturated rings. The molecule has 0 aliphatic carbocycles. The lowest BCUT2D eigenvalue weighted by Gasteiger charge is -2.34. The van der Waals surface area contributed by atoms with E-state index in [4.69, 9.17) is 5.73 Å². The van der Waals surface area contributed by atoms with Gasteiger partial charge >= 0.3 is 0 Å². The quantitative estimate of drug-likeness (QED) is 0.820. The summed E-state index contributed by atoms with van der Waals surface area (Å²) in [7, 11) is 0. The van der Waals surface area contributed by atoms with E-state index < -0.39 is 0 Å². The maximum absolute atomic E-state index is 12.0. The third-order valence-corrected chi connectivity index (χ3v) is 4.02. The highest BCUT2D eigenvalue weighted by molar-refractivity contribution is 5.95. The van der Waals surface area contributed by atoms with Crippen LogP contribution in [0.3, 0.4) is 0 Å². The van der Waals surface area contributed by atoms with E-state index in [1.807, 2.05) is 18.2 Å². The molecule has 1 amide bonds. The van der Waals surface area contributed by atoms with Gasteiger partial charge in [0.2, 0.25) is 5.91 Å². The third-order valence-electron chi connectivity index (χ3n) is 4.02. The number of piperidine rings is 1. The van der Waals surface area contributed by atoms with E-state index in [1.165, 1.54) is 6.42 Å². The first-order chi connectivity index (χ1) is 9.06. The Morgan fingerprint density at radius 2 is 2.11 bits per heavy atom. The van der Waals surface area contributed by atoms with Crippen LogP contribution in [-0.2, 0) is 4.79 Å². The number of benzene rings is 1. The molecular formula is C15H23N3O. The molecule has 1 saturated heterocycles. The number of hydrogen-bond acceptors (Lipinski definition) is 3. The zero-order valence-electron chi connectivity index (χ0n) is 11.7. The van der Waals surface area contributed by atoms with Gasteiger partial charge in [0.15, 0.2) is 0 Å². The standard InChI is InChI=1S/C15H23N3O/c1-11-7-8-18(9-12(11)2)10-15(19)17-14-6-4-3-5-13(14)16/h3-6,11-12H,7-10,16H2,1-2H3,(H,17,19). The van der Waals surface area contributed by atoms with Crippen LogP contribution in [0.5, 0.6) is 0 Å². The Bertz CT molecular complexity index is 447. The van der Waals surface area contributed by atoms with Crippen molar-refractivity contribution in [1.29, 1.82) is 0 Å². The van der Waals surface area contributed by atoms with Gasteiger partial charge in [0.25, 0.3) is 0 Å². The Hall–Kier alpha value is -1.55. The third kappa shape index (κ3) is 3.70. The van der Waals surface area contributed by atoms with E-state index in [1.54, 1.807) is 6.07 Å². The van der Waals surface area contributed by atoms with Crippen LogP contribution >= 0.6 is 0 Å². The molecule has 0 spiro atoms. The van der Waals surface area contributed by atoms with Crippen LogP contribution in [0.4, 0.5) is 11.4 Å². The van der Waals surface area contributed by atoms with Crippen LogP contribution in [-0.4, -0.2) is 30.4 Å². The van der Waals surface area contributed by atoms with Crippen molar-refractivity contribution in [3.63, 3.8) is 0 Å². The highest BCUT2D eigenvalue weighted by Gasteiger charge is 2.23. The average molecular weight is 261 g/mol.